The predicted molar refractivity (Wildman–Crippen MR) is 89.5 cm³/mol. The number of pyridine rings is 1. The van der Waals surface area contributed by atoms with E-state index in [1.165, 1.54) is 11.3 Å². The molecule has 4 rings (SSSR count). The standard InChI is InChI=1S/C17H22N6O/c1-12-5-4-6-23-13(8-18-16(12)23)9-22-10-14(24-3)7-15(22)17-20-19-11-21(17)2/h4-6,8,11,14-15H,7,9-10H2,1-3H3/t14-,15+/m1/s1. The van der Waals surface area contributed by atoms with Gasteiger partial charge in [0.15, 0.2) is 0 Å². The first-order valence-electron chi connectivity index (χ1n) is 8.19. The summed E-state index contributed by atoms with van der Waals surface area (Å²) in [6, 6.07) is 4.36. The Morgan fingerprint density at radius 2 is 2.25 bits per heavy atom. The molecule has 1 aliphatic rings. The molecule has 126 valence electrons. The average molecular weight is 326 g/mol. The van der Waals surface area contributed by atoms with Gasteiger partial charge in [-0.15, -0.1) is 10.2 Å². The lowest BCUT2D eigenvalue weighted by molar-refractivity contribution is 0.107. The zero-order valence-electron chi connectivity index (χ0n) is 14.3. The molecule has 2 atom stereocenters. The van der Waals surface area contributed by atoms with Crippen molar-refractivity contribution in [1.29, 1.82) is 0 Å². The molecule has 1 aliphatic heterocycles. The van der Waals surface area contributed by atoms with Gasteiger partial charge in [0.25, 0.3) is 0 Å². The minimum Gasteiger partial charge on any atom is -0.380 e. The lowest BCUT2D eigenvalue weighted by Gasteiger charge is -2.23. The van der Waals surface area contributed by atoms with Crippen molar-refractivity contribution in [3.63, 3.8) is 0 Å². The van der Waals surface area contributed by atoms with E-state index in [-0.39, 0.29) is 12.1 Å². The smallest absolute Gasteiger partial charge is 0.150 e. The third kappa shape index (κ3) is 2.50. The number of nitrogens with zero attached hydrogens (tertiary/aromatic N) is 6. The van der Waals surface area contributed by atoms with E-state index in [0.717, 1.165) is 31.0 Å². The van der Waals surface area contributed by atoms with Crippen LogP contribution in [-0.2, 0) is 18.3 Å². The molecule has 1 saturated heterocycles. The van der Waals surface area contributed by atoms with E-state index < -0.39 is 0 Å². The van der Waals surface area contributed by atoms with Gasteiger partial charge < -0.3 is 13.7 Å². The fraction of sp³-hybridized carbons (Fsp3) is 0.471. The molecule has 0 saturated carbocycles. The lowest BCUT2D eigenvalue weighted by Crippen LogP contribution is -2.26. The second-order valence-electron chi connectivity index (χ2n) is 6.47. The number of rotatable bonds is 4. The second-order valence-corrected chi connectivity index (χ2v) is 6.47. The molecule has 0 radical (unpaired) electrons. The highest BCUT2D eigenvalue weighted by Gasteiger charge is 2.36. The predicted octanol–water partition coefficient (Wildman–Crippen LogP) is 1.73. The molecule has 3 aromatic rings. The molecule has 0 bridgehead atoms. The summed E-state index contributed by atoms with van der Waals surface area (Å²) in [7, 11) is 3.77. The Morgan fingerprint density at radius 1 is 1.38 bits per heavy atom. The zero-order valence-corrected chi connectivity index (χ0v) is 14.3. The van der Waals surface area contributed by atoms with Crippen molar-refractivity contribution >= 4 is 5.65 Å². The second kappa shape index (κ2) is 5.99. The van der Waals surface area contributed by atoms with E-state index in [0.29, 0.717) is 0 Å². The minimum absolute atomic E-state index is 0.206. The molecule has 24 heavy (non-hydrogen) atoms. The summed E-state index contributed by atoms with van der Waals surface area (Å²) < 4.78 is 9.78. The van der Waals surface area contributed by atoms with E-state index >= 15 is 0 Å². The summed E-state index contributed by atoms with van der Waals surface area (Å²) in [5.74, 6) is 0.986. The Kier molecular flexibility index (Phi) is 3.82. The number of fused-ring (bicyclic) bond motifs is 1. The van der Waals surface area contributed by atoms with E-state index in [4.69, 9.17) is 4.74 Å². The number of imidazole rings is 1. The molecule has 0 amide bonds. The Hall–Kier alpha value is -2.25. The molecule has 0 aromatic carbocycles. The van der Waals surface area contributed by atoms with Gasteiger partial charge in [0.05, 0.1) is 24.0 Å². The summed E-state index contributed by atoms with van der Waals surface area (Å²) in [5, 5.41) is 8.35. The summed E-state index contributed by atoms with van der Waals surface area (Å²) in [4.78, 5) is 6.98. The number of hydrogen-bond donors (Lipinski definition) is 0. The SMILES string of the molecule is CO[C@@H]1C[C@@H](c2nncn2C)N(Cc2cnc3c(C)cccn23)C1. The van der Waals surface area contributed by atoms with E-state index in [2.05, 4.69) is 49.7 Å². The van der Waals surface area contributed by atoms with Crippen LogP contribution in [0.2, 0.25) is 0 Å². The maximum Gasteiger partial charge on any atom is 0.150 e. The molecule has 0 aliphatic carbocycles. The highest BCUT2D eigenvalue weighted by atomic mass is 16.5. The maximum atomic E-state index is 5.61. The van der Waals surface area contributed by atoms with Gasteiger partial charge in [0.2, 0.25) is 0 Å². The van der Waals surface area contributed by atoms with Crippen molar-refractivity contribution in [1.82, 2.24) is 29.0 Å². The first kappa shape index (κ1) is 15.3. The average Bonchev–Trinajstić information content (AvgIpc) is 3.27. The number of likely N-dealkylation sites (tertiary alicyclic amines) is 1. The number of methoxy groups -OCH3 is 1. The lowest BCUT2D eigenvalue weighted by atomic mass is 10.2. The van der Waals surface area contributed by atoms with Gasteiger partial charge in [0, 0.05) is 33.4 Å². The molecule has 0 spiro atoms. The van der Waals surface area contributed by atoms with Gasteiger partial charge in [-0.3, -0.25) is 4.90 Å². The number of hydrogen-bond acceptors (Lipinski definition) is 5. The summed E-state index contributed by atoms with van der Waals surface area (Å²) in [5.41, 5.74) is 3.38. The first-order chi connectivity index (χ1) is 11.7. The molecule has 4 heterocycles. The van der Waals surface area contributed by atoms with Gasteiger partial charge in [0.1, 0.15) is 17.8 Å². The van der Waals surface area contributed by atoms with Crippen LogP contribution in [0.25, 0.3) is 5.65 Å². The van der Waals surface area contributed by atoms with Gasteiger partial charge in [-0.25, -0.2) is 4.98 Å². The highest BCUT2D eigenvalue weighted by Crippen LogP contribution is 2.33. The van der Waals surface area contributed by atoms with E-state index in [9.17, 15) is 0 Å². The van der Waals surface area contributed by atoms with Crippen LogP contribution in [0.1, 0.15) is 29.5 Å². The molecular weight excluding hydrogens is 304 g/mol. The summed E-state index contributed by atoms with van der Waals surface area (Å²) in [6.45, 7) is 3.78. The van der Waals surface area contributed by atoms with Crippen molar-refractivity contribution in [2.75, 3.05) is 13.7 Å². The van der Waals surface area contributed by atoms with E-state index in [1.807, 2.05) is 17.8 Å². The normalized spacial score (nSPS) is 21.8. The van der Waals surface area contributed by atoms with Crippen LogP contribution in [0.4, 0.5) is 0 Å². The third-order valence-electron chi connectivity index (χ3n) is 4.92. The monoisotopic (exact) mass is 326 g/mol. The molecule has 1 fully saturated rings. The van der Waals surface area contributed by atoms with E-state index in [1.54, 1.807) is 13.4 Å². The largest absolute Gasteiger partial charge is 0.380 e. The fourth-order valence-corrected chi connectivity index (χ4v) is 3.60. The fourth-order valence-electron chi connectivity index (χ4n) is 3.60. The van der Waals surface area contributed by atoms with Gasteiger partial charge in [-0.05, 0) is 25.0 Å². The van der Waals surface area contributed by atoms with Crippen LogP contribution in [-0.4, -0.2) is 48.8 Å². The number of aromatic nitrogens is 5. The highest BCUT2D eigenvalue weighted by molar-refractivity contribution is 5.48. The van der Waals surface area contributed by atoms with Gasteiger partial charge in [-0.1, -0.05) is 6.07 Å². The molecule has 3 aromatic heterocycles. The Bertz CT molecular complexity index is 854. The molecule has 0 unspecified atom stereocenters. The van der Waals surface area contributed by atoms with Crippen molar-refractivity contribution in [3.8, 4) is 0 Å². The molecule has 7 nitrogen and oxygen atoms in total. The molecule has 7 heteroatoms. The number of aryl methyl sites for hydroxylation is 2. The van der Waals surface area contributed by atoms with Crippen molar-refractivity contribution in [2.45, 2.75) is 32.0 Å². The first-order valence-corrected chi connectivity index (χ1v) is 8.19. The quantitative estimate of drug-likeness (QED) is 0.731. The zero-order chi connectivity index (χ0) is 16.7. The number of ether oxygens (including phenoxy) is 1. The summed E-state index contributed by atoms with van der Waals surface area (Å²) in [6.07, 6.45) is 6.94. The van der Waals surface area contributed by atoms with Crippen molar-refractivity contribution in [2.24, 2.45) is 7.05 Å². The maximum absolute atomic E-state index is 5.61. The van der Waals surface area contributed by atoms with Crippen LogP contribution in [0.5, 0.6) is 0 Å². The van der Waals surface area contributed by atoms with Crippen LogP contribution in [0.3, 0.4) is 0 Å². The Morgan fingerprint density at radius 3 is 3.00 bits per heavy atom. The van der Waals surface area contributed by atoms with Gasteiger partial charge >= 0.3 is 0 Å². The molecular formula is C17H22N6O. The van der Waals surface area contributed by atoms with Crippen molar-refractivity contribution in [3.05, 3.63) is 47.9 Å². The van der Waals surface area contributed by atoms with Gasteiger partial charge in [-0.2, -0.15) is 0 Å². The minimum atomic E-state index is 0.206. The molecule has 0 N–H and O–H groups in total. The van der Waals surface area contributed by atoms with Crippen molar-refractivity contribution < 1.29 is 4.74 Å². The third-order valence-corrected chi connectivity index (χ3v) is 4.92. The Balaban J connectivity index is 1.66. The Labute approximate surface area is 140 Å². The van der Waals surface area contributed by atoms with Crippen LogP contribution in [0.15, 0.2) is 30.9 Å². The topological polar surface area (TPSA) is 60.5 Å². The summed E-state index contributed by atoms with van der Waals surface area (Å²) >= 11 is 0. The van der Waals surface area contributed by atoms with Crippen LogP contribution in [0, 0.1) is 6.92 Å². The van der Waals surface area contributed by atoms with Crippen LogP contribution >= 0.6 is 0 Å². The van der Waals surface area contributed by atoms with Crippen LogP contribution < -0.4 is 0 Å².